The molecule has 0 amide bonds. The van der Waals surface area contributed by atoms with Gasteiger partial charge in [0, 0.05) is 56.0 Å². The van der Waals surface area contributed by atoms with Gasteiger partial charge in [-0.05, 0) is 32.0 Å². The lowest BCUT2D eigenvalue weighted by molar-refractivity contribution is 0.533. The van der Waals surface area contributed by atoms with E-state index >= 15 is 0 Å². The highest BCUT2D eigenvalue weighted by Crippen LogP contribution is 2.36. The molecule has 3 aromatic rings. The van der Waals surface area contributed by atoms with Gasteiger partial charge < -0.3 is 9.80 Å². The summed E-state index contributed by atoms with van der Waals surface area (Å²) in [5, 5.41) is 13.9. The Labute approximate surface area is 169 Å². The number of pyridine rings is 1. The maximum absolute atomic E-state index is 9.37. The van der Waals surface area contributed by atoms with E-state index in [0.717, 1.165) is 55.0 Å². The maximum atomic E-state index is 9.37. The van der Waals surface area contributed by atoms with Gasteiger partial charge >= 0.3 is 0 Å². The Hall–Kier alpha value is -3.47. The van der Waals surface area contributed by atoms with Crippen molar-refractivity contribution in [3.05, 3.63) is 53.7 Å². The van der Waals surface area contributed by atoms with Crippen molar-refractivity contribution in [2.45, 2.75) is 13.8 Å². The third-order valence-electron chi connectivity index (χ3n) is 5.88. The first kappa shape index (κ1) is 17.6. The van der Waals surface area contributed by atoms with Crippen molar-refractivity contribution in [1.29, 1.82) is 5.26 Å². The van der Waals surface area contributed by atoms with Gasteiger partial charge in [0.2, 0.25) is 0 Å². The van der Waals surface area contributed by atoms with Crippen molar-refractivity contribution >= 4 is 11.6 Å². The van der Waals surface area contributed by atoms with E-state index in [-0.39, 0.29) is 0 Å². The Kier molecular flexibility index (Phi) is 4.16. The molecule has 0 radical (unpaired) electrons. The average Bonchev–Trinajstić information content (AvgIpc) is 3.40. The number of aromatic nitrogens is 5. The number of rotatable bonds is 3. The number of anilines is 2. The predicted octanol–water partition coefficient (Wildman–Crippen LogP) is 2.12. The quantitative estimate of drug-likeness (QED) is 0.681. The van der Waals surface area contributed by atoms with E-state index in [1.165, 1.54) is 0 Å². The first-order chi connectivity index (χ1) is 14.1. The summed E-state index contributed by atoms with van der Waals surface area (Å²) < 4.78 is 1.86. The standard InChI is InChI=1S/C21H22N8/c1-14-6-15(2)29(26-14)20-7-19(24-13-25-20)27-9-17-11-28(12-18(17)10-27)21-16(8-22)4-3-5-23-21/h3-7,13,17-18H,9-12H2,1-2H3. The summed E-state index contributed by atoms with van der Waals surface area (Å²) in [5.41, 5.74) is 2.68. The van der Waals surface area contributed by atoms with E-state index in [9.17, 15) is 5.26 Å². The molecule has 0 aliphatic carbocycles. The van der Waals surface area contributed by atoms with Crippen molar-refractivity contribution in [3.63, 3.8) is 0 Å². The van der Waals surface area contributed by atoms with Crippen LogP contribution in [-0.4, -0.2) is 50.9 Å². The molecule has 0 saturated carbocycles. The number of nitriles is 1. The van der Waals surface area contributed by atoms with Gasteiger partial charge in [0.25, 0.3) is 0 Å². The predicted molar refractivity (Wildman–Crippen MR) is 109 cm³/mol. The molecular weight excluding hydrogens is 364 g/mol. The lowest BCUT2D eigenvalue weighted by atomic mass is 10.0. The van der Waals surface area contributed by atoms with Gasteiger partial charge in [-0.25, -0.2) is 19.6 Å². The van der Waals surface area contributed by atoms with Crippen LogP contribution in [-0.2, 0) is 0 Å². The topological polar surface area (TPSA) is 86.8 Å². The summed E-state index contributed by atoms with van der Waals surface area (Å²) >= 11 is 0. The van der Waals surface area contributed by atoms with E-state index in [1.807, 2.05) is 42.8 Å². The molecule has 3 aromatic heterocycles. The van der Waals surface area contributed by atoms with Gasteiger partial charge in [-0.15, -0.1) is 0 Å². The fourth-order valence-electron chi connectivity index (χ4n) is 4.58. The van der Waals surface area contributed by atoms with Crippen molar-refractivity contribution < 1.29 is 0 Å². The summed E-state index contributed by atoms with van der Waals surface area (Å²) in [7, 11) is 0. The summed E-state index contributed by atoms with van der Waals surface area (Å²) in [4.78, 5) is 18.0. The van der Waals surface area contributed by atoms with Crippen LogP contribution >= 0.6 is 0 Å². The number of hydrogen-bond acceptors (Lipinski definition) is 7. The molecule has 2 aliphatic heterocycles. The molecule has 0 aromatic carbocycles. The van der Waals surface area contributed by atoms with Gasteiger partial charge in [-0.1, -0.05) is 0 Å². The maximum Gasteiger partial charge on any atom is 0.159 e. The third kappa shape index (κ3) is 3.09. The first-order valence-electron chi connectivity index (χ1n) is 9.83. The Morgan fingerprint density at radius 2 is 1.69 bits per heavy atom. The normalized spacial score (nSPS) is 20.7. The molecule has 5 heterocycles. The highest BCUT2D eigenvalue weighted by molar-refractivity contribution is 5.55. The van der Waals surface area contributed by atoms with E-state index in [1.54, 1.807) is 12.5 Å². The monoisotopic (exact) mass is 386 g/mol. The number of hydrogen-bond donors (Lipinski definition) is 0. The minimum atomic E-state index is 0.538. The number of aryl methyl sites for hydroxylation is 2. The Morgan fingerprint density at radius 3 is 2.38 bits per heavy atom. The summed E-state index contributed by atoms with van der Waals surface area (Å²) in [5.74, 6) is 3.63. The van der Waals surface area contributed by atoms with Crippen molar-refractivity contribution in [1.82, 2.24) is 24.7 Å². The van der Waals surface area contributed by atoms with Gasteiger partial charge in [-0.2, -0.15) is 10.4 Å². The van der Waals surface area contributed by atoms with Gasteiger partial charge in [0.1, 0.15) is 24.0 Å². The zero-order valence-electron chi connectivity index (χ0n) is 16.5. The number of nitrogens with zero attached hydrogens (tertiary/aromatic N) is 8. The van der Waals surface area contributed by atoms with Crippen LogP contribution < -0.4 is 9.80 Å². The third-order valence-corrected chi connectivity index (χ3v) is 5.88. The molecule has 29 heavy (non-hydrogen) atoms. The fourth-order valence-corrected chi connectivity index (χ4v) is 4.58. The van der Waals surface area contributed by atoms with Crippen LogP contribution in [0.4, 0.5) is 11.6 Å². The molecule has 2 fully saturated rings. The van der Waals surface area contributed by atoms with Crippen LogP contribution in [0.1, 0.15) is 17.0 Å². The van der Waals surface area contributed by atoms with Crippen molar-refractivity contribution in [3.8, 4) is 11.9 Å². The molecule has 0 spiro atoms. The number of fused-ring (bicyclic) bond motifs is 1. The van der Waals surface area contributed by atoms with Crippen LogP contribution in [0.5, 0.6) is 0 Å². The van der Waals surface area contributed by atoms with Crippen LogP contribution in [0.25, 0.3) is 5.82 Å². The van der Waals surface area contributed by atoms with E-state index in [4.69, 9.17) is 0 Å². The molecular formula is C21H22N8. The van der Waals surface area contributed by atoms with Gasteiger partial charge in [-0.3, -0.25) is 0 Å². The van der Waals surface area contributed by atoms with Crippen molar-refractivity contribution in [2.75, 3.05) is 36.0 Å². The van der Waals surface area contributed by atoms with Crippen LogP contribution in [0.2, 0.25) is 0 Å². The molecule has 8 nitrogen and oxygen atoms in total. The summed E-state index contributed by atoms with van der Waals surface area (Å²) in [6, 6.07) is 9.98. The fraction of sp³-hybridized carbons (Fsp3) is 0.381. The largest absolute Gasteiger partial charge is 0.356 e. The first-order valence-corrected chi connectivity index (χ1v) is 9.83. The second-order valence-electron chi connectivity index (χ2n) is 7.89. The molecule has 5 rings (SSSR count). The molecule has 146 valence electrons. The van der Waals surface area contributed by atoms with Gasteiger partial charge in [0.05, 0.1) is 11.3 Å². The van der Waals surface area contributed by atoms with Crippen LogP contribution in [0, 0.1) is 37.0 Å². The molecule has 2 atom stereocenters. The SMILES string of the molecule is Cc1cc(C)n(-c2cc(N3CC4CN(c5ncccc5C#N)CC4C3)ncn2)n1. The lowest BCUT2D eigenvalue weighted by Gasteiger charge is -2.23. The highest BCUT2D eigenvalue weighted by Gasteiger charge is 2.41. The Balaban J connectivity index is 1.33. The minimum absolute atomic E-state index is 0.538. The van der Waals surface area contributed by atoms with Gasteiger partial charge in [0.15, 0.2) is 5.82 Å². The molecule has 0 bridgehead atoms. The second-order valence-corrected chi connectivity index (χ2v) is 7.89. The molecule has 2 unspecified atom stereocenters. The summed E-state index contributed by atoms with van der Waals surface area (Å²) in [6.45, 7) is 7.75. The molecule has 2 aliphatic rings. The zero-order valence-corrected chi connectivity index (χ0v) is 16.5. The smallest absolute Gasteiger partial charge is 0.159 e. The van der Waals surface area contributed by atoms with Crippen molar-refractivity contribution in [2.24, 2.45) is 11.8 Å². The molecule has 2 saturated heterocycles. The molecule has 8 heteroatoms. The zero-order chi connectivity index (χ0) is 20.0. The Bertz CT molecular complexity index is 1080. The summed E-state index contributed by atoms with van der Waals surface area (Å²) in [6.07, 6.45) is 3.38. The second kappa shape index (κ2) is 6.85. The highest BCUT2D eigenvalue weighted by atomic mass is 15.3. The van der Waals surface area contributed by atoms with Crippen LogP contribution in [0.3, 0.4) is 0 Å². The van der Waals surface area contributed by atoms with Crippen LogP contribution in [0.15, 0.2) is 36.8 Å². The molecule has 0 N–H and O–H groups in total. The minimum Gasteiger partial charge on any atom is -0.356 e. The lowest BCUT2D eigenvalue weighted by Crippen LogP contribution is -2.30. The van der Waals surface area contributed by atoms with E-state index in [2.05, 4.69) is 35.9 Å². The van der Waals surface area contributed by atoms with E-state index in [0.29, 0.717) is 17.4 Å². The Morgan fingerprint density at radius 1 is 0.966 bits per heavy atom. The average molecular weight is 386 g/mol. The van der Waals surface area contributed by atoms with E-state index < -0.39 is 0 Å².